The van der Waals surface area contributed by atoms with Crippen molar-refractivity contribution < 1.29 is 9.53 Å². The number of hydrogen-bond acceptors (Lipinski definition) is 4. The fraction of sp³-hybridized carbons (Fsp3) is 0.308. The van der Waals surface area contributed by atoms with Gasteiger partial charge in [0, 0.05) is 11.6 Å². The van der Waals surface area contributed by atoms with Gasteiger partial charge in [-0.25, -0.2) is 9.67 Å². The Morgan fingerprint density at radius 3 is 2.89 bits per heavy atom. The van der Waals surface area contributed by atoms with Crippen LogP contribution in [0.2, 0.25) is 0 Å². The third-order valence-corrected chi connectivity index (χ3v) is 3.20. The Kier molecular flexibility index (Phi) is 4.31. The Hall–Kier alpha value is -1.69. The van der Waals surface area contributed by atoms with Crippen LogP contribution in [0, 0.1) is 0 Å². The summed E-state index contributed by atoms with van der Waals surface area (Å²) in [7, 11) is 0. The van der Waals surface area contributed by atoms with E-state index in [9.17, 15) is 4.79 Å². The van der Waals surface area contributed by atoms with Crippen molar-refractivity contribution in [3.8, 4) is 5.75 Å². The van der Waals surface area contributed by atoms with Gasteiger partial charge in [-0.15, -0.1) is 0 Å². The maximum absolute atomic E-state index is 10.7. The summed E-state index contributed by atoms with van der Waals surface area (Å²) in [5.41, 5.74) is 0.601. The molecule has 19 heavy (non-hydrogen) atoms. The van der Waals surface area contributed by atoms with E-state index >= 15 is 0 Å². The van der Waals surface area contributed by atoms with E-state index in [0.717, 1.165) is 16.6 Å². The third kappa shape index (κ3) is 3.20. The number of rotatable bonds is 5. The second kappa shape index (κ2) is 5.97. The van der Waals surface area contributed by atoms with Crippen LogP contribution in [0.5, 0.6) is 5.75 Å². The number of halogens is 1. The highest BCUT2D eigenvalue weighted by Gasteiger charge is 2.09. The topological polar surface area (TPSA) is 57.0 Å². The molecular formula is C13H14BrN3O2. The first kappa shape index (κ1) is 13.7. The first-order valence-electron chi connectivity index (χ1n) is 5.87. The summed E-state index contributed by atoms with van der Waals surface area (Å²) in [6.45, 7) is 4.40. The van der Waals surface area contributed by atoms with Gasteiger partial charge in [0.25, 0.3) is 0 Å². The van der Waals surface area contributed by atoms with E-state index in [0.29, 0.717) is 17.9 Å². The van der Waals surface area contributed by atoms with Gasteiger partial charge in [-0.1, -0.05) is 0 Å². The predicted molar refractivity (Wildman–Crippen MR) is 74.3 cm³/mol. The molecule has 0 fully saturated rings. The summed E-state index contributed by atoms with van der Waals surface area (Å²) < 4.78 is 8.24. The lowest BCUT2D eigenvalue weighted by Crippen LogP contribution is -2.10. The summed E-state index contributed by atoms with van der Waals surface area (Å²) in [6, 6.07) is 5.42. The number of benzene rings is 1. The quantitative estimate of drug-likeness (QED) is 0.794. The van der Waals surface area contributed by atoms with E-state index < -0.39 is 0 Å². The molecule has 5 nitrogen and oxygen atoms in total. The first-order chi connectivity index (χ1) is 9.11. The van der Waals surface area contributed by atoms with Crippen LogP contribution < -0.4 is 4.74 Å². The monoisotopic (exact) mass is 323 g/mol. The normalized spacial score (nSPS) is 10.7. The molecule has 0 aliphatic carbocycles. The Morgan fingerprint density at radius 2 is 2.26 bits per heavy atom. The van der Waals surface area contributed by atoms with Gasteiger partial charge in [-0.3, -0.25) is 4.79 Å². The zero-order valence-corrected chi connectivity index (χ0v) is 12.3. The average Bonchev–Trinajstić information content (AvgIpc) is 2.85. The molecule has 0 unspecified atom stereocenters. The number of aromatic nitrogens is 3. The molecule has 0 saturated heterocycles. The maximum atomic E-state index is 10.7. The van der Waals surface area contributed by atoms with Crippen molar-refractivity contribution in [1.82, 2.24) is 14.8 Å². The van der Waals surface area contributed by atoms with Gasteiger partial charge in [0.15, 0.2) is 5.82 Å². The molecule has 100 valence electrons. The van der Waals surface area contributed by atoms with Crippen molar-refractivity contribution in [2.45, 2.75) is 26.5 Å². The number of carbonyl (C=O) groups excluding carboxylic acids is 1. The molecule has 0 aliphatic rings. The Bertz CT molecular complexity index is 581. The van der Waals surface area contributed by atoms with Crippen molar-refractivity contribution in [3.63, 3.8) is 0 Å². The lowest BCUT2D eigenvalue weighted by Gasteiger charge is -2.11. The van der Waals surface area contributed by atoms with E-state index in [1.165, 1.54) is 6.33 Å². The van der Waals surface area contributed by atoms with Crippen LogP contribution in [0.4, 0.5) is 0 Å². The van der Waals surface area contributed by atoms with E-state index in [-0.39, 0.29) is 6.04 Å². The van der Waals surface area contributed by atoms with Crippen LogP contribution in [-0.2, 0) is 6.61 Å². The molecule has 0 N–H and O–H groups in total. The molecule has 0 amide bonds. The molecule has 0 spiro atoms. The van der Waals surface area contributed by atoms with Crippen molar-refractivity contribution in [1.29, 1.82) is 0 Å². The zero-order valence-electron chi connectivity index (χ0n) is 10.7. The lowest BCUT2D eigenvalue weighted by atomic mass is 10.2. The molecule has 1 heterocycles. The van der Waals surface area contributed by atoms with E-state index in [1.807, 2.05) is 18.5 Å². The Balaban J connectivity index is 2.10. The smallest absolute Gasteiger partial charge is 0.165 e. The second-order valence-electron chi connectivity index (χ2n) is 4.31. The molecule has 2 aromatic rings. The number of nitrogens with zero attached hydrogens (tertiary/aromatic N) is 3. The van der Waals surface area contributed by atoms with E-state index in [4.69, 9.17) is 4.74 Å². The first-order valence-corrected chi connectivity index (χ1v) is 6.67. The van der Waals surface area contributed by atoms with Gasteiger partial charge in [0.2, 0.25) is 0 Å². The fourth-order valence-electron chi connectivity index (χ4n) is 1.66. The average molecular weight is 324 g/mol. The highest BCUT2D eigenvalue weighted by atomic mass is 79.9. The van der Waals surface area contributed by atoms with Crippen molar-refractivity contribution in [2.75, 3.05) is 0 Å². The molecule has 0 bridgehead atoms. The minimum atomic E-state index is 0.238. The fourth-order valence-corrected chi connectivity index (χ4v) is 2.17. The van der Waals surface area contributed by atoms with Crippen LogP contribution in [0.15, 0.2) is 29.0 Å². The van der Waals surface area contributed by atoms with Gasteiger partial charge >= 0.3 is 0 Å². The van der Waals surface area contributed by atoms with Crippen molar-refractivity contribution >= 4 is 22.2 Å². The molecule has 0 radical (unpaired) electrons. The summed E-state index contributed by atoms with van der Waals surface area (Å²) in [5, 5.41) is 4.15. The molecular weight excluding hydrogens is 310 g/mol. The molecule has 1 aromatic heterocycles. The van der Waals surface area contributed by atoms with Crippen molar-refractivity contribution in [2.24, 2.45) is 0 Å². The second-order valence-corrected chi connectivity index (χ2v) is 5.17. The number of aldehydes is 1. The molecule has 0 aliphatic heterocycles. The highest BCUT2D eigenvalue weighted by molar-refractivity contribution is 9.10. The Labute approximate surface area is 119 Å². The minimum Gasteiger partial charge on any atom is -0.484 e. The Morgan fingerprint density at radius 1 is 1.47 bits per heavy atom. The van der Waals surface area contributed by atoms with Crippen LogP contribution in [0.25, 0.3) is 0 Å². The predicted octanol–water partition coefficient (Wildman–Crippen LogP) is 3.01. The van der Waals surface area contributed by atoms with E-state index in [1.54, 1.807) is 18.2 Å². The van der Waals surface area contributed by atoms with Crippen LogP contribution >= 0.6 is 15.9 Å². The highest BCUT2D eigenvalue weighted by Crippen LogP contribution is 2.26. The largest absolute Gasteiger partial charge is 0.484 e. The minimum absolute atomic E-state index is 0.238. The summed E-state index contributed by atoms with van der Waals surface area (Å²) in [5.74, 6) is 1.44. The summed E-state index contributed by atoms with van der Waals surface area (Å²) >= 11 is 3.37. The van der Waals surface area contributed by atoms with Crippen LogP contribution in [0.1, 0.15) is 36.1 Å². The van der Waals surface area contributed by atoms with Crippen LogP contribution in [0.3, 0.4) is 0 Å². The number of ether oxygens (including phenoxy) is 1. The molecule has 1 aromatic carbocycles. The molecule has 0 atom stereocenters. The van der Waals surface area contributed by atoms with Gasteiger partial charge in [-0.05, 0) is 48.0 Å². The zero-order chi connectivity index (χ0) is 13.8. The van der Waals surface area contributed by atoms with Crippen LogP contribution in [-0.4, -0.2) is 21.1 Å². The van der Waals surface area contributed by atoms with Gasteiger partial charge < -0.3 is 4.74 Å². The third-order valence-electron chi connectivity index (χ3n) is 2.59. The van der Waals surface area contributed by atoms with E-state index in [2.05, 4.69) is 26.0 Å². The summed E-state index contributed by atoms with van der Waals surface area (Å²) in [4.78, 5) is 14.8. The number of hydrogen-bond donors (Lipinski definition) is 0. The molecule has 0 saturated carbocycles. The SMILES string of the molecule is CC(C)n1ncnc1COc1ccc(C=O)cc1Br. The van der Waals surface area contributed by atoms with Gasteiger partial charge in [0.05, 0.1) is 4.47 Å². The van der Waals surface area contributed by atoms with Crippen molar-refractivity contribution in [3.05, 3.63) is 40.4 Å². The standard InChI is InChI=1S/C13H14BrN3O2/c1-9(2)17-13(15-8-16-17)7-19-12-4-3-10(6-18)5-11(12)14/h3-6,8-9H,7H2,1-2H3. The van der Waals surface area contributed by atoms with Gasteiger partial charge in [-0.2, -0.15) is 5.10 Å². The molecule has 2 rings (SSSR count). The lowest BCUT2D eigenvalue weighted by molar-refractivity contribution is 0.112. The van der Waals surface area contributed by atoms with Gasteiger partial charge in [0.1, 0.15) is 25.0 Å². The number of carbonyl (C=O) groups is 1. The maximum Gasteiger partial charge on any atom is 0.165 e. The summed E-state index contributed by atoms with van der Waals surface area (Å²) in [6.07, 6.45) is 2.31. The molecule has 6 heteroatoms.